The summed E-state index contributed by atoms with van der Waals surface area (Å²) in [5, 5.41) is 8.79. The Morgan fingerprint density at radius 1 is 1.14 bits per heavy atom. The number of carboxylic acids is 1. The number of carbonyl (C=O) groups is 1. The van der Waals surface area contributed by atoms with Crippen LogP contribution in [0.1, 0.15) is 27.4 Å². The lowest BCUT2D eigenvalue weighted by atomic mass is 10.1. The third-order valence-electron chi connectivity index (χ3n) is 2.63. The van der Waals surface area contributed by atoms with Crippen molar-refractivity contribution in [1.82, 2.24) is 15.0 Å². The van der Waals surface area contributed by atoms with Gasteiger partial charge in [-0.15, -0.1) is 0 Å². The van der Waals surface area contributed by atoms with Crippen molar-refractivity contribution in [3.05, 3.63) is 41.0 Å². The quantitative estimate of drug-likeness (QED) is 0.922. The van der Waals surface area contributed by atoms with Gasteiger partial charge >= 0.3 is 12.1 Å². The summed E-state index contributed by atoms with van der Waals surface area (Å²) in [4.78, 5) is 22.0. The van der Waals surface area contributed by atoms with Gasteiger partial charge in [0.15, 0.2) is 11.5 Å². The van der Waals surface area contributed by atoms with Crippen LogP contribution in [0.15, 0.2) is 18.3 Å². The number of aromatic carboxylic acids is 1. The summed E-state index contributed by atoms with van der Waals surface area (Å²) < 4.78 is 38.7. The first kappa shape index (κ1) is 14.9. The van der Waals surface area contributed by atoms with E-state index in [1.807, 2.05) is 0 Å². The minimum atomic E-state index is -4.87. The van der Waals surface area contributed by atoms with Crippen molar-refractivity contribution in [3.8, 4) is 11.4 Å². The fourth-order valence-corrected chi connectivity index (χ4v) is 1.86. The second-order valence-electron chi connectivity index (χ2n) is 4.40. The van der Waals surface area contributed by atoms with Crippen molar-refractivity contribution < 1.29 is 23.1 Å². The molecule has 0 aliphatic heterocycles. The lowest BCUT2D eigenvalue weighted by Gasteiger charge is -2.11. The number of carboxylic acid groups (broad SMARTS) is 1. The van der Waals surface area contributed by atoms with Gasteiger partial charge in [-0.2, -0.15) is 13.2 Å². The van der Waals surface area contributed by atoms with Gasteiger partial charge in [-0.3, -0.25) is 4.98 Å². The largest absolute Gasteiger partial charge is 0.478 e. The number of pyridine rings is 1. The van der Waals surface area contributed by atoms with Crippen LogP contribution in [0.5, 0.6) is 0 Å². The fourth-order valence-electron chi connectivity index (χ4n) is 1.86. The Balaban J connectivity index is 2.64. The molecule has 2 aromatic rings. The molecule has 21 heavy (non-hydrogen) atoms. The molecular weight excluding hydrogens is 287 g/mol. The van der Waals surface area contributed by atoms with E-state index in [1.54, 1.807) is 13.8 Å². The van der Waals surface area contributed by atoms with E-state index in [9.17, 15) is 18.0 Å². The molecule has 0 saturated heterocycles. The Bertz CT molecular complexity index is 694. The highest BCUT2D eigenvalue weighted by atomic mass is 19.4. The highest BCUT2D eigenvalue weighted by Crippen LogP contribution is 2.31. The van der Waals surface area contributed by atoms with Crippen molar-refractivity contribution in [2.24, 2.45) is 0 Å². The lowest BCUT2D eigenvalue weighted by Crippen LogP contribution is -2.16. The van der Waals surface area contributed by atoms with Crippen molar-refractivity contribution >= 4 is 5.97 Å². The Labute approximate surface area is 117 Å². The molecule has 0 spiro atoms. The van der Waals surface area contributed by atoms with Crippen LogP contribution in [-0.2, 0) is 6.18 Å². The van der Waals surface area contributed by atoms with Crippen LogP contribution in [-0.4, -0.2) is 26.0 Å². The number of aryl methyl sites for hydroxylation is 2. The van der Waals surface area contributed by atoms with E-state index >= 15 is 0 Å². The summed E-state index contributed by atoms with van der Waals surface area (Å²) >= 11 is 0. The van der Waals surface area contributed by atoms with Crippen molar-refractivity contribution in [1.29, 1.82) is 0 Å². The van der Waals surface area contributed by atoms with E-state index in [4.69, 9.17) is 5.11 Å². The first-order chi connectivity index (χ1) is 9.68. The van der Waals surface area contributed by atoms with Crippen LogP contribution in [0.3, 0.4) is 0 Å². The van der Waals surface area contributed by atoms with E-state index in [0.717, 1.165) is 0 Å². The number of nitrogens with zero attached hydrogens (tertiary/aromatic N) is 3. The summed E-state index contributed by atoms with van der Waals surface area (Å²) in [5.41, 5.74) is -0.891. The average Bonchev–Trinajstić information content (AvgIpc) is 2.35. The molecule has 2 heterocycles. The summed E-state index contributed by atoms with van der Waals surface area (Å²) in [5.74, 6) is -1.92. The zero-order valence-corrected chi connectivity index (χ0v) is 11.1. The molecule has 0 amide bonds. The number of aromatic nitrogens is 3. The SMILES string of the molecule is Cc1cc(-c2ncc(C(=O)O)c(C(F)(F)F)n2)cc(C)n1. The molecule has 110 valence electrons. The molecule has 0 atom stereocenters. The average molecular weight is 297 g/mol. The number of hydrogen-bond donors (Lipinski definition) is 1. The zero-order chi connectivity index (χ0) is 15.8. The molecule has 0 saturated carbocycles. The van der Waals surface area contributed by atoms with E-state index in [2.05, 4.69) is 15.0 Å². The van der Waals surface area contributed by atoms with Crippen LogP contribution in [0.25, 0.3) is 11.4 Å². The van der Waals surface area contributed by atoms with Crippen molar-refractivity contribution in [2.45, 2.75) is 20.0 Å². The molecule has 0 bridgehead atoms. The summed E-state index contributed by atoms with van der Waals surface area (Å²) in [6, 6.07) is 3.06. The normalized spacial score (nSPS) is 11.5. The molecule has 0 aromatic carbocycles. The van der Waals surface area contributed by atoms with Gasteiger partial charge in [-0.1, -0.05) is 0 Å². The summed E-state index contributed by atoms with van der Waals surface area (Å²) in [7, 11) is 0. The van der Waals surface area contributed by atoms with Crippen molar-refractivity contribution in [2.75, 3.05) is 0 Å². The molecular formula is C13H10F3N3O2. The zero-order valence-electron chi connectivity index (χ0n) is 11.1. The highest BCUT2D eigenvalue weighted by molar-refractivity contribution is 5.89. The Kier molecular flexibility index (Phi) is 3.63. The van der Waals surface area contributed by atoms with Crippen LogP contribution < -0.4 is 0 Å². The maximum absolute atomic E-state index is 12.9. The molecule has 5 nitrogen and oxygen atoms in total. The first-order valence-corrected chi connectivity index (χ1v) is 5.81. The van der Waals surface area contributed by atoms with Crippen LogP contribution in [0, 0.1) is 13.8 Å². The minimum Gasteiger partial charge on any atom is -0.478 e. The number of alkyl halides is 3. The van der Waals surface area contributed by atoms with Gasteiger partial charge in [0.2, 0.25) is 0 Å². The Hall–Kier alpha value is -2.51. The van der Waals surface area contributed by atoms with E-state index < -0.39 is 23.4 Å². The van der Waals surface area contributed by atoms with Gasteiger partial charge in [0.05, 0.1) is 0 Å². The first-order valence-electron chi connectivity index (χ1n) is 5.81. The maximum Gasteiger partial charge on any atom is 0.434 e. The van der Waals surface area contributed by atoms with Gasteiger partial charge in [-0.05, 0) is 26.0 Å². The topological polar surface area (TPSA) is 76.0 Å². The Morgan fingerprint density at radius 2 is 1.71 bits per heavy atom. The molecule has 1 N–H and O–H groups in total. The molecule has 0 fully saturated rings. The molecule has 8 heteroatoms. The molecule has 2 aromatic heterocycles. The summed E-state index contributed by atoms with van der Waals surface area (Å²) in [6.07, 6.45) is -4.21. The third kappa shape index (κ3) is 3.15. The lowest BCUT2D eigenvalue weighted by molar-refractivity contribution is -0.141. The second-order valence-corrected chi connectivity index (χ2v) is 4.40. The van der Waals surface area contributed by atoms with E-state index in [1.165, 1.54) is 12.1 Å². The van der Waals surface area contributed by atoms with Gasteiger partial charge in [0.25, 0.3) is 0 Å². The third-order valence-corrected chi connectivity index (χ3v) is 2.63. The highest BCUT2D eigenvalue weighted by Gasteiger charge is 2.38. The van der Waals surface area contributed by atoms with Crippen LogP contribution in [0.2, 0.25) is 0 Å². The predicted molar refractivity (Wildman–Crippen MR) is 66.7 cm³/mol. The minimum absolute atomic E-state index is 0.194. The molecule has 0 aliphatic rings. The van der Waals surface area contributed by atoms with Crippen molar-refractivity contribution in [3.63, 3.8) is 0 Å². The monoisotopic (exact) mass is 297 g/mol. The van der Waals surface area contributed by atoms with E-state index in [-0.39, 0.29) is 5.82 Å². The van der Waals surface area contributed by atoms with Gasteiger partial charge < -0.3 is 5.11 Å². The smallest absolute Gasteiger partial charge is 0.434 e. The number of halogens is 3. The molecule has 0 radical (unpaired) electrons. The maximum atomic E-state index is 12.9. The number of rotatable bonds is 2. The van der Waals surface area contributed by atoms with Gasteiger partial charge in [0.1, 0.15) is 5.56 Å². The predicted octanol–water partition coefficient (Wildman–Crippen LogP) is 2.87. The molecule has 2 rings (SSSR count). The molecule has 0 aliphatic carbocycles. The second kappa shape index (κ2) is 5.12. The molecule has 0 unspecified atom stereocenters. The van der Waals surface area contributed by atoms with Crippen LogP contribution >= 0.6 is 0 Å². The van der Waals surface area contributed by atoms with Gasteiger partial charge in [0, 0.05) is 23.1 Å². The standard InChI is InChI=1S/C13H10F3N3O2/c1-6-3-8(4-7(2)18-6)11-17-5-9(12(20)21)10(19-11)13(14,15)16/h3-5H,1-2H3,(H,20,21). The van der Waals surface area contributed by atoms with E-state index in [0.29, 0.717) is 23.1 Å². The summed E-state index contributed by atoms with van der Waals surface area (Å²) in [6.45, 7) is 3.37. The fraction of sp³-hybridized carbons (Fsp3) is 0.231. The van der Waals surface area contributed by atoms with Crippen LogP contribution in [0.4, 0.5) is 13.2 Å². The Morgan fingerprint density at radius 3 is 2.19 bits per heavy atom. The number of hydrogen-bond acceptors (Lipinski definition) is 4. The van der Waals surface area contributed by atoms with Gasteiger partial charge in [-0.25, -0.2) is 14.8 Å².